The largest absolute Gasteiger partial charge is 0.366 e. The van der Waals surface area contributed by atoms with Crippen molar-refractivity contribution in [1.29, 1.82) is 0 Å². The molecule has 0 bridgehead atoms. The number of carbonyl (C=O) groups excluding carboxylic acids is 1. The average Bonchev–Trinajstić information content (AvgIpc) is 2.88. The Morgan fingerprint density at radius 2 is 1.43 bits per heavy atom. The first-order valence-corrected chi connectivity index (χ1v) is 12.7. The van der Waals surface area contributed by atoms with Gasteiger partial charge in [-0.15, -0.1) is 0 Å². The molecule has 1 aromatic rings. The minimum Gasteiger partial charge on any atom is -0.366 e. The quantitative estimate of drug-likeness (QED) is 0.442. The molecule has 2 aliphatic rings. The Labute approximate surface area is 185 Å². The third kappa shape index (κ3) is 5.55. The van der Waals surface area contributed by atoms with E-state index in [0.717, 1.165) is 18.4 Å². The van der Waals surface area contributed by atoms with E-state index >= 15 is 0 Å². The first-order valence-electron chi connectivity index (χ1n) is 12.7. The molecule has 2 heteroatoms. The fraction of sp³-hybridized carbons (Fsp3) is 0.750. The van der Waals surface area contributed by atoms with Crippen molar-refractivity contribution in [3.8, 4) is 0 Å². The number of carbonyl (C=O) groups is 1. The van der Waals surface area contributed by atoms with E-state index in [1.165, 1.54) is 70.6 Å². The van der Waals surface area contributed by atoms with E-state index in [9.17, 15) is 4.79 Å². The van der Waals surface area contributed by atoms with Gasteiger partial charge in [-0.05, 0) is 61.8 Å². The number of ketones is 1. The predicted octanol–water partition coefficient (Wildman–Crippen LogP) is 8.06. The van der Waals surface area contributed by atoms with Crippen LogP contribution in [0.15, 0.2) is 30.3 Å². The van der Waals surface area contributed by atoms with Gasteiger partial charge in [0.2, 0.25) is 0 Å². The number of rotatable bonds is 6. The Bertz CT molecular complexity index is 642. The first kappa shape index (κ1) is 23.5. The standard InChI is InChI=1S/C28H44O2/c1-4-30-26(24-15-10-9-11-16-24)25(29)23-17-14-21-28(3,22-18-23)27(2)19-12-7-5-6-8-13-20-27/h9-11,15-16,23,26H,4-8,12-14,17-22H2,1-3H3. The van der Waals surface area contributed by atoms with Crippen LogP contribution in [0.5, 0.6) is 0 Å². The third-order valence-electron chi connectivity index (χ3n) is 8.59. The number of ether oxygens (including phenoxy) is 1. The molecule has 2 fully saturated rings. The molecule has 2 aliphatic carbocycles. The van der Waals surface area contributed by atoms with Crippen molar-refractivity contribution < 1.29 is 9.53 Å². The second-order valence-corrected chi connectivity index (χ2v) is 10.5. The van der Waals surface area contributed by atoms with E-state index in [1.807, 2.05) is 37.3 Å². The van der Waals surface area contributed by atoms with Crippen molar-refractivity contribution >= 4 is 5.78 Å². The highest BCUT2D eigenvalue weighted by atomic mass is 16.5. The zero-order valence-corrected chi connectivity index (χ0v) is 19.8. The van der Waals surface area contributed by atoms with Crippen LogP contribution in [0, 0.1) is 16.7 Å². The monoisotopic (exact) mass is 412 g/mol. The van der Waals surface area contributed by atoms with Gasteiger partial charge in [-0.2, -0.15) is 0 Å². The van der Waals surface area contributed by atoms with Crippen molar-refractivity contribution in [2.45, 2.75) is 110 Å². The summed E-state index contributed by atoms with van der Waals surface area (Å²) in [6, 6.07) is 10.1. The lowest BCUT2D eigenvalue weighted by atomic mass is 9.57. The lowest BCUT2D eigenvalue weighted by molar-refractivity contribution is -0.135. The minimum atomic E-state index is -0.397. The Morgan fingerprint density at radius 3 is 2.07 bits per heavy atom. The molecule has 0 amide bonds. The van der Waals surface area contributed by atoms with Gasteiger partial charge >= 0.3 is 0 Å². The van der Waals surface area contributed by atoms with Crippen LogP contribution in [0.4, 0.5) is 0 Å². The Balaban J connectivity index is 1.71. The van der Waals surface area contributed by atoms with E-state index in [2.05, 4.69) is 13.8 Å². The van der Waals surface area contributed by atoms with E-state index in [-0.39, 0.29) is 5.92 Å². The Kier molecular flexibility index (Phi) is 8.57. The van der Waals surface area contributed by atoms with Gasteiger partial charge in [-0.25, -0.2) is 0 Å². The van der Waals surface area contributed by atoms with Gasteiger partial charge in [0.1, 0.15) is 6.10 Å². The summed E-state index contributed by atoms with van der Waals surface area (Å²) < 4.78 is 5.97. The maximum absolute atomic E-state index is 13.5. The van der Waals surface area contributed by atoms with Gasteiger partial charge in [-0.3, -0.25) is 4.79 Å². The molecule has 30 heavy (non-hydrogen) atoms. The molecule has 0 heterocycles. The number of hydrogen-bond donors (Lipinski definition) is 0. The van der Waals surface area contributed by atoms with Crippen LogP contribution in [0.1, 0.15) is 116 Å². The van der Waals surface area contributed by atoms with Crippen molar-refractivity contribution in [2.24, 2.45) is 16.7 Å². The molecule has 3 atom stereocenters. The molecule has 3 unspecified atom stereocenters. The van der Waals surface area contributed by atoms with Gasteiger partial charge in [0.15, 0.2) is 5.78 Å². The summed E-state index contributed by atoms with van der Waals surface area (Å²) in [4.78, 5) is 13.5. The zero-order chi connectivity index (χ0) is 21.5. The van der Waals surface area contributed by atoms with E-state index < -0.39 is 6.10 Å². The molecule has 0 spiro atoms. The van der Waals surface area contributed by atoms with Gasteiger partial charge in [-0.1, -0.05) is 89.1 Å². The van der Waals surface area contributed by atoms with Crippen molar-refractivity contribution in [3.05, 3.63) is 35.9 Å². The van der Waals surface area contributed by atoms with Crippen LogP contribution >= 0.6 is 0 Å². The van der Waals surface area contributed by atoms with Gasteiger partial charge in [0.25, 0.3) is 0 Å². The average molecular weight is 413 g/mol. The maximum Gasteiger partial charge on any atom is 0.169 e. The number of Topliss-reactive ketones (excluding diaryl/α,β-unsaturated/α-hetero) is 1. The summed E-state index contributed by atoms with van der Waals surface area (Å²) >= 11 is 0. The van der Waals surface area contributed by atoms with Gasteiger partial charge in [0, 0.05) is 12.5 Å². The van der Waals surface area contributed by atoms with Crippen LogP contribution < -0.4 is 0 Å². The normalized spacial score (nSPS) is 29.1. The van der Waals surface area contributed by atoms with Crippen molar-refractivity contribution in [3.63, 3.8) is 0 Å². The molecule has 1 aromatic carbocycles. The highest BCUT2D eigenvalue weighted by Gasteiger charge is 2.45. The molecule has 0 saturated heterocycles. The summed E-state index contributed by atoms with van der Waals surface area (Å²) in [5.74, 6) is 0.454. The van der Waals surface area contributed by atoms with Crippen LogP contribution in [-0.2, 0) is 9.53 Å². The first-order chi connectivity index (χ1) is 14.5. The second kappa shape index (κ2) is 10.9. The maximum atomic E-state index is 13.5. The van der Waals surface area contributed by atoms with E-state index in [0.29, 0.717) is 23.2 Å². The fourth-order valence-electron chi connectivity index (χ4n) is 6.21. The van der Waals surface area contributed by atoms with Crippen LogP contribution in [0.25, 0.3) is 0 Å². The third-order valence-corrected chi connectivity index (χ3v) is 8.59. The Hall–Kier alpha value is -1.15. The molecule has 2 nitrogen and oxygen atoms in total. The van der Waals surface area contributed by atoms with Gasteiger partial charge in [0.05, 0.1) is 0 Å². The van der Waals surface area contributed by atoms with E-state index in [4.69, 9.17) is 4.74 Å². The molecule has 168 valence electrons. The van der Waals surface area contributed by atoms with Gasteiger partial charge < -0.3 is 4.74 Å². The number of benzene rings is 1. The lowest BCUT2D eigenvalue weighted by Gasteiger charge is -2.47. The summed E-state index contributed by atoms with van der Waals surface area (Å²) in [5.41, 5.74) is 1.80. The predicted molar refractivity (Wildman–Crippen MR) is 126 cm³/mol. The molecule has 0 N–H and O–H groups in total. The molecular formula is C28H44O2. The van der Waals surface area contributed by atoms with E-state index in [1.54, 1.807) is 0 Å². The smallest absolute Gasteiger partial charge is 0.169 e. The summed E-state index contributed by atoms with van der Waals surface area (Å²) in [7, 11) is 0. The highest BCUT2D eigenvalue weighted by molar-refractivity contribution is 5.86. The lowest BCUT2D eigenvalue weighted by Crippen LogP contribution is -2.37. The van der Waals surface area contributed by atoms with Crippen molar-refractivity contribution in [1.82, 2.24) is 0 Å². The van der Waals surface area contributed by atoms with Crippen LogP contribution in [0.3, 0.4) is 0 Å². The molecule has 0 aliphatic heterocycles. The Morgan fingerprint density at radius 1 is 0.867 bits per heavy atom. The highest BCUT2D eigenvalue weighted by Crippen LogP contribution is 2.55. The molecule has 2 saturated carbocycles. The molecule has 3 rings (SSSR count). The summed E-state index contributed by atoms with van der Waals surface area (Å²) in [6.07, 6.45) is 16.4. The molecular weight excluding hydrogens is 368 g/mol. The second-order valence-electron chi connectivity index (χ2n) is 10.5. The number of hydrogen-bond acceptors (Lipinski definition) is 2. The SMILES string of the molecule is CCOC(C(=O)C1CCCC(C)(C2(C)CCCCCCCC2)CC1)c1ccccc1. The van der Waals surface area contributed by atoms with Crippen LogP contribution in [0.2, 0.25) is 0 Å². The minimum absolute atomic E-state index is 0.142. The topological polar surface area (TPSA) is 26.3 Å². The summed E-state index contributed by atoms with van der Waals surface area (Å²) in [6.45, 7) is 7.70. The molecule has 0 aromatic heterocycles. The zero-order valence-electron chi connectivity index (χ0n) is 19.8. The van der Waals surface area contributed by atoms with Crippen LogP contribution in [-0.4, -0.2) is 12.4 Å². The fourth-order valence-corrected chi connectivity index (χ4v) is 6.21. The van der Waals surface area contributed by atoms with Crippen molar-refractivity contribution in [2.75, 3.05) is 6.61 Å². The molecule has 0 radical (unpaired) electrons. The summed E-state index contributed by atoms with van der Waals surface area (Å²) in [5, 5.41) is 0.